The third-order valence-electron chi connectivity index (χ3n) is 6.51. The summed E-state index contributed by atoms with van der Waals surface area (Å²) in [5, 5.41) is 21.2. The van der Waals surface area contributed by atoms with E-state index in [0.717, 1.165) is 0 Å². The van der Waals surface area contributed by atoms with Gasteiger partial charge >= 0.3 is 0 Å². The molecule has 0 spiro atoms. The number of benzene rings is 1. The van der Waals surface area contributed by atoms with E-state index in [0.29, 0.717) is 5.56 Å². The molecule has 6 atom stereocenters. The van der Waals surface area contributed by atoms with Crippen LogP contribution in [0, 0.1) is 23.7 Å². The predicted molar refractivity (Wildman–Crippen MR) is 106 cm³/mol. The molecule has 6 unspecified atom stereocenters. The van der Waals surface area contributed by atoms with Gasteiger partial charge in [-0.05, 0) is 30.4 Å². The van der Waals surface area contributed by atoms with Crippen LogP contribution in [0.4, 0.5) is 0 Å². The topological polar surface area (TPSA) is 141 Å². The van der Waals surface area contributed by atoms with Gasteiger partial charge in [-0.25, -0.2) is 5.01 Å². The van der Waals surface area contributed by atoms with Crippen molar-refractivity contribution in [3.8, 4) is 5.75 Å². The lowest BCUT2D eigenvalue weighted by atomic mass is 9.53. The zero-order valence-corrected chi connectivity index (χ0v) is 17.5. The normalized spacial score (nSPS) is 34.8. The standard InChI is InChI=1S/C21H21ClN2O7/c1-24(2)23-20(30)14-17(27)15(22)10-7-9-6-8-4-3-5-11(25)12(8)16(26)13(9)18(28)21(10,31)19(14)29/h3-5,9-10,13-15,25,31H,6-7H2,1-2H3,(H,23,30). The predicted octanol–water partition coefficient (Wildman–Crippen LogP) is -0.348. The van der Waals surface area contributed by atoms with Crippen LogP contribution in [-0.2, 0) is 25.6 Å². The number of nitrogens with one attached hydrogen (secondary N) is 1. The van der Waals surface area contributed by atoms with E-state index in [9.17, 15) is 34.2 Å². The summed E-state index contributed by atoms with van der Waals surface area (Å²) in [6, 6.07) is 4.56. The number of ketones is 4. The molecule has 0 aliphatic heterocycles. The van der Waals surface area contributed by atoms with Crippen molar-refractivity contribution in [3.05, 3.63) is 29.3 Å². The van der Waals surface area contributed by atoms with Crippen LogP contribution in [0.15, 0.2) is 18.2 Å². The van der Waals surface area contributed by atoms with Crippen LogP contribution < -0.4 is 5.43 Å². The first-order valence-corrected chi connectivity index (χ1v) is 10.3. The Hall–Kier alpha value is -2.62. The number of nitrogens with zero attached hydrogens (tertiary/aromatic N) is 1. The first-order chi connectivity index (χ1) is 14.5. The van der Waals surface area contributed by atoms with Crippen LogP contribution in [-0.4, -0.2) is 69.3 Å². The van der Waals surface area contributed by atoms with Gasteiger partial charge in [0.2, 0.25) is 0 Å². The number of amides is 1. The molecular formula is C21H21ClN2O7. The Morgan fingerprint density at radius 1 is 1.19 bits per heavy atom. The molecule has 9 nitrogen and oxygen atoms in total. The van der Waals surface area contributed by atoms with Gasteiger partial charge in [-0.2, -0.15) is 0 Å². The summed E-state index contributed by atoms with van der Waals surface area (Å²) in [4.78, 5) is 65.0. The van der Waals surface area contributed by atoms with Crippen LogP contribution in [0.25, 0.3) is 0 Å². The average molecular weight is 449 g/mol. The highest BCUT2D eigenvalue weighted by Crippen LogP contribution is 2.50. The summed E-state index contributed by atoms with van der Waals surface area (Å²) in [5.74, 6) is -10.4. The van der Waals surface area contributed by atoms with Gasteiger partial charge < -0.3 is 10.2 Å². The number of halogens is 1. The summed E-state index contributed by atoms with van der Waals surface area (Å²) in [7, 11) is 2.93. The number of carbonyl (C=O) groups is 5. The van der Waals surface area contributed by atoms with E-state index in [2.05, 4.69) is 5.43 Å². The molecule has 0 aromatic heterocycles. The SMILES string of the molecule is CN(C)NC(=O)C1C(=O)C(Cl)C2CC3Cc4cccc(O)c4C(=O)C3C(=O)C2(O)C1=O. The third-order valence-corrected chi connectivity index (χ3v) is 7.03. The molecule has 3 N–H and O–H groups in total. The summed E-state index contributed by atoms with van der Waals surface area (Å²) in [6.07, 6.45) is 0.219. The first kappa shape index (κ1) is 21.6. The highest BCUT2D eigenvalue weighted by molar-refractivity contribution is 6.41. The van der Waals surface area contributed by atoms with Crippen LogP contribution in [0.2, 0.25) is 0 Å². The molecule has 0 heterocycles. The lowest BCUT2D eigenvalue weighted by Gasteiger charge is -2.50. The Bertz CT molecular complexity index is 1040. The molecule has 3 aliphatic rings. The van der Waals surface area contributed by atoms with E-state index in [4.69, 9.17) is 11.6 Å². The number of carbonyl (C=O) groups excluding carboxylic acids is 5. The van der Waals surface area contributed by atoms with Crippen LogP contribution in [0.1, 0.15) is 22.3 Å². The molecule has 4 rings (SSSR count). The molecule has 31 heavy (non-hydrogen) atoms. The van der Waals surface area contributed by atoms with E-state index >= 15 is 0 Å². The fourth-order valence-corrected chi connectivity index (χ4v) is 5.57. The average Bonchev–Trinajstić information content (AvgIpc) is 2.68. The summed E-state index contributed by atoms with van der Waals surface area (Å²) >= 11 is 6.30. The molecule has 10 heteroatoms. The van der Waals surface area contributed by atoms with Gasteiger partial charge in [-0.1, -0.05) is 12.1 Å². The number of rotatable bonds is 2. The zero-order chi connectivity index (χ0) is 22.8. The molecular weight excluding hydrogens is 428 g/mol. The number of hydrogen-bond donors (Lipinski definition) is 3. The highest BCUT2D eigenvalue weighted by Gasteiger charge is 2.68. The molecule has 1 aromatic rings. The monoisotopic (exact) mass is 448 g/mol. The Balaban J connectivity index is 1.78. The molecule has 0 radical (unpaired) electrons. The van der Waals surface area contributed by atoms with Crippen molar-refractivity contribution >= 4 is 40.6 Å². The molecule has 0 bridgehead atoms. The van der Waals surface area contributed by atoms with E-state index in [1.54, 1.807) is 12.1 Å². The van der Waals surface area contributed by atoms with Gasteiger partial charge in [-0.15, -0.1) is 11.6 Å². The van der Waals surface area contributed by atoms with Crippen LogP contribution in [0.3, 0.4) is 0 Å². The smallest absolute Gasteiger partial charge is 0.252 e. The van der Waals surface area contributed by atoms with E-state index in [1.165, 1.54) is 25.2 Å². The van der Waals surface area contributed by atoms with Crippen molar-refractivity contribution < 1.29 is 34.2 Å². The number of phenols is 1. The number of alkyl halides is 1. The van der Waals surface area contributed by atoms with Gasteiger partial charge in [0.05, 0.1) is 16.9 Å². The minimum absolute atomic E-state index is 0.0113. The Morgan fingerprint density at radius 3 is 2.52 bits per heavy atom. The van der Waals surface area contributed by atoms with E-state index in [1.807, 2.05) is 0 Å². The second-order valence-electron chi connectivity index (χ2n) is 8.56. The minimum atomic E-state index is -2.74. The highest BCUT2D eigenvalue weighted by atomic mass is 35.5. The van der Waals surface area contributed by atoms with Crippen molar-refractivity contribution in [3.63, 3.8) is 0 Å². The van der Waals surface area contributed by atoms with Crippen molar-refractivity contribution in [1.82, 2.24) is 10.4 Å². The molecule has 3 aliphatic carbocycles. The number of hydrogen-bond acceptors (Lipinski definition) is 8. The van der Waals surface area contributed by atoms with Crippen molar-refractivity contribution in [1.29, 1.82) is 0 Å². The second kappa shape index (κ2) is 7.22. The van der Waals surface area contributed by atoms with Gasteiger partial charge in [0.1, 0.15) is 5.75 Å². The Labute approximate surface area is 182 Å². The maximum atomic E-state index is 13.4. The molecule has 2 saturated carbocycles. The fraction of sp³-hybridized carbons (Fsp3) is 0.476. The lowest BCUT2D eigenvalue weighted by molar-refractivity contribution is -0.175. The summed E-state index contributed by atoms with van der Waals surface area (Å²) < 4.78 is 0. The van der Waals surface area contributed by atoms with Gasteiger partial charge in [-0.3, -0.25) is 29.4 Å². The van der Waals surface area contributed by atoms with Crippen molar-refractivity contribution in [2.45, 2.75) is 23.8 Å². The van der Waals surface area contributed by atoms with Gasteiger partial charge in [0.15, 0.2) is 34.7 Å². The quantitative estimate of drug-likeness (QED) is 0.317. The Kier molecular flexibility index (Phi) is 5.03. The molecule has 0 saturated heterocycles. The maximum absolute atomic E-state index is 13.4. The molecule has 2 fully saturated rings. The fourth-order valence-electron chi connectivity index (χ4n) is 5.16. The number of aliphatic hydroxyl groups is 1. The Morgan fingerprint density at radius 2 is 1.87 bits per heavy atom. The second-order valence-corrected chi connectivity index (χ2v) is 9.03. The number of phenolic OH excluding ortho intramolecular Hbond substituents is 1. The number of fused-ring (bicyclic) bond motifs is 3. The number of Topliss-reactive ketones (excluding diaryl/α,β-unsaturated/α-hetero) is 4. The van der Waals surface area contributed by atoms with Crippen LogP contribution >= 0.6 is 11.6 Å². The van der Waals surface area contributed by atoms with E-state index in [-0.39, 0.29) is 24.2 Å². The van der Waals surface area contributed by atoms with Gasteiger partial charge in [0.25, 0.3) is 5.91 Å². The van der Waals surface area contributed by atoms with Crippen molar-refractivity contribution in [2.24, 2.45) is 23.7 Å². The van der Waals surface area contributed by atoms with Crippen molar-refractivity contribution in [2.75, 3.05) is 14.1 Å². The zero-order valence-electron chi connectivity index (χ0n) is 16.8. The summed E-state index contributed by atoms with van der Waals surface area (Å²) in [5.41, 5.74) is 0.0731. The van der Waals surface area contributed by atoms with Crippen LogP contribution in [0.5, 0.6) is 5.75 Å². The number of aromatic hydroxyl groups is 1. The molecule has 1 amide bonds. The molecule has 1 aromatic carbocycles. The maximum Gasteiger partial charge on any atom is 0.252 e. The van der Waals surface area contributed by atoms with Gasteiger partial charge in [0, 0.05) is 20.0 Å². The van der Waals surface area contributed by atoms with E-state index < -0.39 is 63.7 Å². The third kappa shape index (κ3) is 2.95. The number of hydrazine groups is 1. The summed E-state index contributed by atoms with van der Waals surface area (Å²) in [6.45, 7) is 0. The molecule has 164 valence electrons. The minimum Gasteiger partial charge on any atom is -0.507 e. The first-order valence-electron chi connectivity index (χ1n) is 9.81. The lowest BCUT2D eigenvalue weighted by Crippen LogP contribution is -2.71. The largest absolute Gasteiger partial charge is 0.507 e.